The van der Waals surface area contributed by atoms with Gasteiger partial charge in [0.05, 0.1) is 53.5 Å². The lowest BCUT2D eigenvalue weighted by Crippen LogP contribution is -2.56. The molecule has 2 fully saturated rings. The first-order valence-electron chi connectivity index (χ1n) is 24.3. The second kappa shape index (κ2) is 21.3. The second-order valence-corrected chi connectivity index (χ2v) is 19.2. The van der Waals surface area contributed by atoms with Crippen molar-refractivity contribution in [3.8, 4) is 23.0 Å². The predicted octanol–water partition coefficient (Wildman–Crippen LogP) is 2.90. The number of nitrogens with one attached hydrogen (secondary N) is 2. The standard InChI is InChI=1S/C52H57N7O15/c1-24-45(62)35(16-39(72-24)74-37-18-52(69,38(61)22-60)17-31-41(37)49(66)43-42(47(31)64)46(63)30-4-3-5-36(70-2)40(30)48(43)65)58-50(67)71-23-25-6-10-28(11-7-25)73-51(68)57-33-15-12-29-27(9-13-32(33)54)21-56-59-44(29)34-14-8-26(19-53)20-55-34/h3-8,10-11,14,20-21,24,27,29,32-33,35,37,39,45,60,62,64,66,69H,9,12-13,15-19,22-23,53-54H2,1-2H3,(H,57,68)(H,58,67)/t24?,27?,29?,32?,33?,35?,37-,39?,45?,52-/m0/s1. The highest BCUT2D eigenvalue weighted by Gasteiger charge is 2.50. The number of methoxy groups -OCH3 is 1. The molecular weight excluding hydrogens is 963 g/mol. The van der Waals surface area contributed by atoms with Gasteiger partial charge < -0.3 is 71.3 Å². The summed E-state index contributed by atoms with van der Waals surface area (Å²) in [6, 6.07) is 12.6. The average molecular weight is 1020 g/mol. The zero-order chi connectivity index (χ0) is 52.6. The van der Waals surface area contributed by atoms with Gasteiger partial charge in [-0.2, -0.15) is 10.2 Å². The number of nitrogens with two attached hydrogens (primary N) is 2. The maximum atomic E-state index is 14.0. The molecule has 1 aromatic heterocycles. The zero-order valence-electron chi connectivity index (χ0n) is 40.4. The van der Waals surface area contributed by atoms with E-state index >= 15 is 0 Å². The number of Topliss-reactive ketones (excluding diaryl/α,β-unsaturated/α-hetero) is 1. The minimum atomic E-state index is -2.39. The van der Waals surface area contributed by atoms with Gasteiger partial charge in [0.1, 0.15) is 47.9 Å². The molecule has 11 N–H and O–H groups in total. The van der Waals surface area contributed by atoms with E-state index in [4.69, 9.17) is 35.2 Å². The van der Waals surface area contributed by atoms with Crippen LogP contribution >= 0.6 is 0 Å². The third kappa shape index (κ3) is 10.1. The highest BCUT2D eigenvalue weighted by Crippen LogP contribution is 2.52. The fourth-order valence-electron chi connectivity index (χ4n) is 10.6. The van der Waals surface area contributed by atoms with E-state index in [9.17, 15) is 49.5 Å². The van der Waals surface area contributed by atoms with Crippen molar-refractivity contribution < 1.29 is 73.2 Å². The number of alkyl carbamates (subject to hydrolysis) is 1. The lowest BCUT2D eigenvalue weighted by atomic mass is 9.72. The Morgan fingerprint density at radius 1 is 0.905 bits per heavy atom. The van der Waals surface area contributed by atoms with Gasteiger partial charge in [0, 0.05) is 78.8 Å². The Bertz CT molecular complexity index is 2910. The van der Waals surface area contributed by atoms with Crippen molar-refractivity contribution in [3.63, 3.8) is 0 Å². The van der Waals surface area contributed by atoms with E-state index in [0.717, 1.165) is 23.4 Å². The molecule has 0 spiro atoms. The number of phenolic OH excluding ortho intramolecular Hbond substituents is 2. The van der Waals surface area contributed by atoms with Gasteiger partial charge in [0.2, 0.25) is 5.78 Å². The monoisotopic (exact) mass is 1020 g/mol. The van der Waals surface area contributed by atoms with Crippen molar-refractivity contribution in [1.82, 2.24) is 15.6 Å². The van der Waals surface area contributed by atoms with E-state index in [1.165, 1.54) is 44.4 Å². The van der Waals surface area contributed by atoms with Crippen molar-refractivity contribution in [3.05, 3.63) is 111 Å². The van der Waals surface area contributed by atoms with E-state index in [2.05, 4.69) is 25.8 Å². The minimum absolute atomic E-state index is 0.0294. The molecule has 10 atom stereocenters. The van der Waals surface area contributed by atoms with Gasteiger partial charge in [0.25, 0.3) is 0 Å². The van der Waals surface area contributed by atoms with Gasteiger partial charge in [-0.25, -0.2) is 9.59 Å². The Balaban J connectivity index is 0.818. The van der Waals surface area contributed by atoms with Crippen LogP contribution in [0.5, 0.6) is 23.0 Å². The number of rotatable bonds is 12. The van der Waals surface area contributed by atoms with Crippen molar-refractivity contribution >= 4 is 41.5 Å². The first-order chi connectivity index (χ1) is 35.5. The number of aromatic nitrogens is 1. The molecule has 2 amide bonds. The number of aliphatic hydroxyl groups is 3. The topological polar surface area (TPSA) is 346 Å². The van der Waals surface area contributed by atoms with Crippen LogP contribution in [0.2, 0.25) is 0 Å². The van der Waals surface area contributed by atoms with Crippen LogP contribution < -0.4 is 31.6 Å². The molecule has 22 heteroatoms. The maximum Gasteiger partial charge on any atom is 0.412 e. The van der Waals surface area contributed by atoms with E-state index in [-0.39, 0.29) is 70.7 Å². The van der Waals surface area contributed by atoms with Crippen LogP contribution in [0.15, 0.2) is 71.0 Å². The van der Waals surface area contributed by atoms with E-state index in [1.807, 2.05) is 18.3 Å². The van der Waals surface area contributed by atoms with Crippen LogP contribution in [0.3, 0.4) is 0 Å². The fourth-order valence-corrected chi connectivity index (χ4v) is 10.6. The lowest BCUT2D eigenvalue weighted by molar-refractivity contribution is -0.249. The van der Waals surface area contributed by atoms with Gasteiger partial charge in [0.15, 0.2) is 17.9 Å². The molecule has 1 saturated heterocycles. The number of aliphatic hydroxyl groups excluding tert-OH is 2. The number of carbonyl (C=O) groups excluding carboxylic acids is 5. The Morgan fingerprint density at radius 2 is 1.65 bits per heavy atom. The summed E-state index contributed by atoms with van der Waals surface area (Å²) in [6.45, 7) is 0.544. The van der Waals surface area contributed by atoms with Gasteiger partial charge in [-0.3, -0.25) is 19.4 Å². The number of fused-ring (bicyclic) bond motifs is 4. The number of benzene rings is 3. The van der Waals surface area contributed by atoms with Gasteiger partial charge in [-0.15, -0.1) is 0 Å². The largest absolute Gasteiger partial charge is 0.507 e. The molecule has 2 aliphatic heterocycles. The Labute approximate surface area is 423 Å². The highest BCUT2D eigenvalue weighted by molar-refractivity contribution is 6.31. The molecule has 390 valence electrons. The van der Waals surface area contributed by atoms with Crippen molar-refractivity contribution in [2.45, 2.75) is 113 Å². The van der Waals surface area contributed by atoms with Crippen molar-refractivity contribution in [1.29, 1.82) is 0 Å². The molecule has 3 heterocycles. The summed E-state index contributed by atoms with van der Waals surface area (Å²) in [5.41, 5.74) is 11.0. The summed E-state index contributed by atoms with van der Waals surface area (Å²) >= 11 is 0. The Kier molecular flexibility index (Phi) is 14.9. The Morgan fingerprint density at radius 3 is 2.36 bits per heavy atom. The number of ether oxygens (including phenoxy) is 5. The summed E-state index contributed by atoms with van der Waals surface area (Å²) in [5, 5.41) is 70.4. The van der Waals surface area contributed by atoms with E-state index in [1.54, 1.807) is 18.3 Å². The number of aromatic hydroxyl groups is 2. The highest BCUT2D eigenvalue weighted by atomic mass is 16.7. The van der Waals surface area contributed by atoms with Gasteiger partial charge >= 0.3 is 12.2 Å². The number of hydrogen-bond acceptors (Lipinski definition) is 20. The molecule has 3 aromatic carbocycles. The van der Waals surface area contributed by atoms with E-state index < -0.39 is 108 Å². The van der Waals surface area contributed by atoms with Crippen LogP contribution in [0.25, 0.3) is 0 Å². The predicted molar refractivity (Wildman–Crippen MR) is 261 cm³/mol. The summed E-state index contributed by atoms with van der Waals surface area (Å²) in [4.78, 5) is 71.9. The first-order valence-corrected chi connectivity index (χ1v) is 24.3. The van der Waals surface area contributed by atoms with Gasteiger partial charge in [-0.05, 0) is 68.0 Å². The first kappa shape index (κ1) is 51.7. The fraction of sp³-hybridized carbons (Fsp3) is 0.423. The average Bonchev–Trinajstić information content (AvgIpc) is 3.40. The summed E-state index contributed by atoms with van der Waals surface area (Å²) in [6.07, 6.45) is -2.07. The SMILES string of the molecule is COc1cccc2c1C(=O)c1c(O)c3c(c(O)c1C2=O)C[C@@](O)(C(=O)CO)C[C@@H]3OC1CC(NC(=O)OCc2ccc(OC(=O)NC3CCC4C(c5ccc(CN)cn5)=NN=CC4CCC3N)cc2)C(O)C(C)O1. The van der Waals surface area contributed by atoms with Crippen molar-refractivity contribution in [2.75, 3.05) is 13.7 Å². The van der Waals surface area contributed by atoms with E-state index in [0.29, 0.717) is 31.4 Å². The van der Waals surface area contributed by atoms with Crippen LogP contribution in [0.1, 0.15) is 111 Å². The molecular formula is C52H57N7O15. The zero-order valence-corrected chi connectivity index (χ0v) is 40.4. The van der Waals surface area contributed by atoms with Gasteiger partial charge in [-0.1, -0.05) is 30.3 Å². The third-order valence-corrected chi connectivity index (χ3v) is 14.6. The molecule has 3 aliphatic carbocycles. The Hall–Kier alpha value is -7.18. The second-order valence-electron chi connectivity index (χ2n) is 19.2. The number of amides is 2. The number of ketones is 3. The minimum Gasteiger partial charge on any atom is -0.507 e. The number of pyridine rings is 1. The molecule has 22 nitrogen and oxygen atoms in total. The van der Waals surface area contributed by atoms with Crippen LogP contribution in [-0.4, -0.2) is 128 Å². The number of phenols is 2. The molecule has 4 aromatic rings. The molecule has 8 unspecified atom stereocenters. The molecule has 0 radical (unpaired) electrons. The number of nitrogens with zero attached hydrogens (tertiary/aromatic N) is 3. The lowest BCUT2D eigenvalue weighted by Gasteiger charge is -2.42. The quantitative estimate of drug-likeness (QED) is 0.0811. The summed E-state index contributed by atoms with van der Waals surface area (Å²) in [7, 11) is 1.30. The van der Waals surface area contributed by atoms with Crippen LogP contribution in [0.4, 0.5) is 9.59 Å². The third-order valence-electron chi connectivity index (χ3n) is 14.6. The molecule has 74 heavy (non-hydrogen) atoms. The summed E-state index contributed by atoms with van der Waals surface area (Å²) < 4.78 is 28.6. The normalized spacial score (nSPS) is 27.2. The molecule has 1 saturated carbocycles. The molecule has 5 aliphatic rings. The number of hydrogen-bond donors (Lipinski definition) is 9. The van der Waals surface area contributed by atoms with Crippen molar-refractivity contribution in [2.24, 2.45) is 33.5 Å². The number of carbonyl (C=O) groups is 5. The smallest absolute Gasteiger partial charge is 0.412 e. The molecule has 0 bridgehead atoms. The molecule has 9 rings (SSSR count). The van der Waals surface area contributed by atoms with Crippen LogP contribution in [-0.2, 0) is 38.6 Å². The van der Waals surface area contributed by atoms with Crippen LogP contribution in [0, 0.1) is 11.8 Å². The maximum absolute atomic E-state index is 14.0. The summed E-state index contributed by atoms with van der Waals surface area (Å²) in [5.74, 6) is -3.84.